The molecule has 2 aromatic rings. The van der Waals surface area contributed by atoms with Crippen LogP contribution in [0.15, 0.2) is 9.80 Å². The molecule has 0 spiro atoms. The first-order chi connectivity index (χ1) is 9.13. The Kier molecular flexibility index (Phi) is 3.36. The highest BCUT2D eigenvalue weighted by molar-refractivity contribution is 7.09. The fourth-order valence-corrected chi connectivity index (χ4v) is 3.13. The van der Waals surface area contributed by atoms with Crippen molar-refractivity contribution in [2.75, 3.05) is 0 Å². The number of nitrogens with one attached hydrogen (secondary N) is 1. The highest BCUT2D eigenvalue weighted by Crippen LogP contribution is 2.42. The number of hydrogen-bond donors (Lipinski definition) is 1. The first-order valence-corrected chi connectivity index (χ1v) is 7.49. The second kappa shape index (κ2) is 5.02. The van der Waals surface area contributed by atoms with E-state index in [0.717, 1.165) is 5.69 Å². The number of aromatic nitrogens is 3. The van der Waals surface area contributed by atoms with Crippen LogP contribution in [0, 0.1) is 19.8 Å². The lowest BCUT2D eigenvalue weighted by molar-refractivity contribution is 0.354. The highest BCUT2D eigenvalue weighted by atomic mass is 32.1. The molecule has 1 saturated carbocycles. The molecule has 0 unspecified atom stereocenters. The van der Waals surface area contributed by atoms with E-state index >= 15 is 0 Å². The Morgan fingerprint density at radius 2 is 2.16 bits per heavy atom. The van der Waals surface area contributed by atoms with E-state index in [1.807, 2.05) is 13.8 Å². The third kappa shape index (κ3) is 2.84. The molecule has 6 heteroatoms. The molecule has 1 fully saturated rings. The Morgan fingerprint density at radius 1 is 1.37 bits per heavy atom. The van der Waals surface area contributed by atoms with E-state index in [9.17, 15) is 0 Å². The SMILES string of the molecule is Cc1csc([C@H](N[C@@H](C)c2nnc(C)o2)C2CC2)n1. The first kappa shape index (κ1) is 12.7. The normalized spacial score (nSPS) is 18.5. The summed E-state index contributed by atoms with van der Waals surface area (Å²) in [5.41, 5.74) is 1.09. The Balaban J connectivity index is 1.75. The largest absolute Gasteiger partial charge is 0.424 e. The van der Waals surface area contributed by atoms with Gasteiger partial charge in [-0.05, 0) is 32.6 Å². The monoisotopic (exact) mass is 278 g/mol. The molecule has 0 bridgehead atoms. The van der Waals surface area contributed by atoms with E-state index in [4.69, 9.17) is 4.42 Å². The van der Waals surface area contributed by atoms with Crippen molar-refractivity contribution in [1.82, 2.24) is 20.5 Å². The van der Waals surface area contributed by atoms with Crippen LogP contribution in [-0.4, -0.2) is 15.2 Å². The highest BCUT2D eigenvalue weighted by Gasteiger charge is 2.35. The molecule has 0 saturated heterocycles. The second-order valence-corrected chi connectivity index (χ2v) is 6.08. The van der Waals surface area contributed by atoms with Gasteiger partial charge >= 0.3 is 0 Å². The molecule has 19 heavy (non-hydrogen) atoms. The molecule has 1 aliphatic carbocycles. The van der Waals surface area contributed by atoms with Crippen LogP contribution in [0.2, 0.25) is 0 Å². The standard InChI is InChI=1S/C13H18N4OS/c1-7-6-19-13(14-7)11(10-4-5-10)15-8(2)12-17-16-9(3)18-12/h6,8,10-11,15H,4-5H2,1-3H3/t8-,11+/m0/s1. The van der Waals surface area contributed by atoms with Gasteiger partial charge in [0.2, 0.25) is 11.8 Å². The van der Waals surface area contributed by atoms with Crippen molar-refractivity contribution in [2.45, 2.75) is 45.7 Å². The summed E-state index contributed by atoms with van der Waals surface area (Å²) in [6, 6.07) is 0.358. The maximum absolute atomic E-state index is 5.49. The van der Waals surface area contributed by atoms with E-state index in [1.54, 1.807) is 11.3 Å². The van der Waals surface area contributed by atoms with Crippen molar-refractivity contribution >= 4 is 11.3 Å². The molecule has 2 heterocycles. The van der Waals surface area contributed by atoms with Crippen LogP contribution in [-0.2, 0) is 0 Å². The topological polar surface area (TPSA) is 63.8 Å². The Bertz CT molecular complexity index is 560. The van der Waals surface area contributed by atoms with Gasteiger partial charge < -0.3 is 4.42 Å². The summed E-state index contributed by atoms with van der Waals surface area (Å²) in [7, 11) is 0. The van der Waals surface area contributed by atoms with Crippen LogP contribution in [0.5, 0.6) is 0 Å². The molecule has 2 aromatic heterocycles. The van der Waals surface area contributed by atoms with Crippen molar-refractivity contribution in [3.63, 3.8) is 0 Å². The van der Waals surface area contributed by atoms with Crippen molar-refractivity contribution in [3.8, 4) is 0 Å². The van der Waals surface area contributed by atoms with Gasteiger partial charge in [0, 0.05) is 18.0 Å². The summed E-state index contributed by atoms with van der Waals surface area (Å²) < 4.78 is 5.49. The fraction of sp³-hybridized carbons (Fsp3) is 0.615. The second-order valence-electron chi connectivity index (χ2n) is 5.19. The van der Waals surface area contributed by atoms with Gasteiger partial charge in [0.1, 0.15) is 5.01 Å². The molecule has 2 atom stereocenters. The van der Waals surface area contributed by atoms with E-state index in [0.29, 0.717) is 23.7 Å². The zero-order chi connectivity index (χ0) is 13.4. The van der Waals surface area contributed by atoms with E-state index < -0.39 is 0 Å². The van der Waals surface area contributed by atoms with Gasteiger partial charge in [0.05, 0.1) is 12.1 Å². The van der Waals surface area contributed by atoms with Crippen LogP contribution >= 0.6 is 11.3 Å². The quantitative estimate of drug-likeness (QED) is 0.911. The third-order valence-electron chi connectivity index (χ3n) is 3.34. The smallest absolute Gasteiger partial charge is 0.233 e. The lowest BCUT2D eigenvalue weighted by Crippen LogP contribution is -2.26. The van der Waals surface area contributed by atoms with Gasteiger partial charge in [-0.1, -0.05) is 0 Å². The predicted octanol–water partition coefficient (Wildman–Crippen LogP) is 2.94. The number of thiazole rings is 1. The van der Waals surface area contributed by atoms with E-state index in [2.05, 4.69) is 32.8 Å². The van der Waals surface area contributed by atoms with Crippen LogP contribution < -0.4 is 5.32 Å². The van der Waals surface area contributed by atoms with Crippen LogP contribution in [0.25, 0.3) is 0 Å². The Hall–Kier alpha value is -1.27. The molecular formula is C13H18N4OS. The molecule has 0 amide bonds. The number of rotatable bonds is 5. The van der Waals surface area contributed by atoms with Crippen LogP contribution in [0.3, 0.4) is 0 Å². The summed E-state index contributed by atoms with van der Waals surface area (Å²) in [6.07, 6.45) is 2.54. The van der Waals surface area contributed by atoms with E-state index in [-0.39, 0.29) is 6.04 Å². The molecule has 102 valence electrons. The van der Waals surface area contributed by atoms with Gasteiger partial charge in [0.15, 0.2) is 0 Å². The van der Waals surface area contributed by atoms with Gasteiger partial charge in [-0.15, -0.1) is 21.5 Å². The average molecular weight is 278 g/mol. The summed E-state index contributed by atoms with van der Waals surface area (Å²) >= 11 is 1.73. The summed E-state index contributed by atoms with van der Waals surface area (Å²) in [4.78, 5) is 4.61. The summed E-state index contributed by atoms with van der Waals surface area (Å²) in [5.74, 6) is 1.95. The van der Waals surface area contributed by atoms with E-state index in [1.165, 1.54) is 17.8 Å². The third-order valence-corrected chi connectivity index (χ3v) is 4.38. The lowest BCUT2D eigenvalue weighted by atomic mass is 10.1. The van der Waals surface area contributed by atoms with Crippen molar-refractivity contribution in [3.05, 3.63) is 27.9 Å². The van der Waals surface area contributed by atoms with Gasteiger partial charge in [-0.25, -0.2) is 4.98 Å². The molecule has 1 N–H and O–H groups in total. The van der Waals surface area contributed by atoms with Crippen molar-refractivity contribution in [2.24, 2.45) is 5.92 Å². The molecule has 0 radical (unpaired) electrons. The average Bonchev–Trinajstić information content (AvgIpc) is 2.98. The Labute approximate surface area is 116 Å². The van der Waals surface area contributed by atoms with Gasteiger partial charge in [0.25, 0.3) is 0 Å². The van der Waals surface area contributed by atoms with Crippen LogP contribution in [0.4, 0.5) is 0 Å². The maximum Gasteiger partial charge on any atom is 0.233 e. The van der Waals surface area contributed by atoms with Gasteiger partial charge in [-0.3, -0.25) is 5.32 Å². The molecule has 5 nitrogen and oxygen atoms in total. The zero-order valence-electron chi connectivity index (χ0n) is 11.4. The summed E-state index contributed by atoms with van der Waals surface area (Å²) in [5, 5.41) is 14.8. The minimum absolute atomic E-state index is 0.0519. The predicted molar refractivity (Wildman–Crippen MR) is 72.9 cm³/mol. The summed E-state index contributed by atoms with van der Waals surface area (Å²) in [6.45, 7) is 5.91. The minimum atomic E-state index is 0.0519. The minimum Gasteiger partial charge on any atom is -0.424 e. The molecule has 0 aliphatic heterocycles. The number of hydrogen-bond acceptors (Lipinski definition) is 6. The van der Waals surface area contributed by atoms with Crippen molar-refractivity contribution in [1.29, 1.82) is 0 Å². The Morgan fingerprint density at radius 3 is 2.68 bits per heavy atom. The fourth-order valence-electron chi connectivity index (χ4n) is 2.18. The number of aryl methyl sites for hydroxylation is 2. The first-order valence-electron chi connectivity index (χ1n) is 6.61. The van der Waals surface area contributed by atoms with Gasteiger partial charge in [-0.2, -0.15) is 0 Å². The molecule has 3 rings (SSSR count). The zero-order valence-corrected chi connectivity index (χ0v) is 12.2. The molecule has 0 aromatic carbocycles. The molecule has 1 aliphatic rings. The number of nitrogens with zero attached hydrogens (tertiary/aromatic N) is 3. The van der Waals surface area contributed by atoms with Crippen LogP contribution in [0.1, 0.15) is 54.3 Å². The lowest BCUT2D eigenvalue weighted by Gasteiger charge is -2.19. The molecular weight excluding hydrogens is 260 g/mol. The maximum atomic E-state index is 5.49. The van der Waals surface area contributed by atoms with Crippen molar-refractivity contribution < 1.29 is 4.42 Å².